The summed E-state index contributed by atoms with van der Waals surface area (Å²) in [5.74, 6) is 0.447. The molecule has 2 aromatic rings. The molecular weight excluding hydrogens is 434 g/mol. The van der Waals surface area contributed by atoms with Crippen LogP contribution in [0.3, 0.4) is 0 Å². The Morgan fingerprint density at radius 2 is 1.67 bits per heavy atom. The number of methoxy groups -OCH3 is 2. The highest BCUT2D eigenvalue weighted by Crippen LogP contribution is 2.29. The van der Waals surface area contributed by atoms with Gasteiger partial charge in [0.15, 0.2) is 9.84 Å². The summed E-state index contributed by atoms with van der Waals surface area (Å²) in [4.78, 5) is 14.8. The molecule has 0 aliphatic carbocycles. The van der Waals surface area contributed by atoms with Crippen LogP contribution in [0.4, 0.5) is 5.69 Å². The van der Waals surface area contributed by atoms with Gasteiger partial charge in [0.1, 0.15) is 11.5 Å². The van der Waals surface area contributed by atoms with Gasteiger partial charge in [0, 0.05) is 27.2 Å². The molecule has 0 N–H and O–H groups in total. The molecule has 3 rings (SSSR count). The van der Waals surface area contributed by atoms with Crippen molar-refractivity contribution in [3.63, 3.8) is 0 Å². The molecule has 0 aromatic heterocycles. The van der Waals surface area contributed by atoms with Crippen LogP contribution in [-0.4, -0.2) is 40.3 Å². The Bertz CT molecular complexity index is 963. The molecule has 27 heavy (non-hydrogen) atoms. The Hall–Kier alpha value is -2.32. The molecule has 0 fully saturated rings. The zero-order chi connectivity index (χ0) is 19.6. The number of hydrogen-bond acceptors (Lipinski definition) is 5. The fraction of sp³-hybridized carbons (Fsp3) is 0.211. The van der Waals surface area contributed by atoms with E-state index in [1.54, 1.807) is 42.5 Å². The summed E-state index contributed by atoms with van der Waals surface area (Å²) < 4.78 is 35.2. The van der Waals surface area contributed by atoms with E-state index in [9.17, 15) is 13.2 Å². The Morgan fingerprint density at radius 3 is 2.15 bits per heavy atom. The normalized spacial score (nSPS) is 17.5. The number of carbonyl (C=O) groups excluding carboxylic acids is 1. The van der Waals surface area contributed by atoms with Gasteiger partial charge in [0.25, 0.3) is 5.91 Å². The summed E-state index contributed by atoms with van der Waals surface area (Å²) >= 11 is 3.37. The van der Waals surface area contributed by atoms with Crippen LogP contribution >= 0.6 is 15.9 Å². The van der Waals surface area contributed by atoms with E-state index in [-0.39, 0.29) is 11.7 Å². The molecule has 2 aromatic carbocycles. The lowest BCUT2D eigenvalue weighted by Crippen LogP contribution is -2.41. The lowest BCUT2D eigenvalue weighted by molar-refractivity contribution is 0.0982. The van der Waals surface area contributed by atoms with Crippen LogP contribution < -0.4 is 14.4 Å². The van der Waals surface area contributed by atoms with Gasteiger partial charge in [-0.05, 0) is 42.5 Å². The summed E-state index contributed by atoms with van der Waals surface area (Å²) in [7, 11) is -0.328. The number of nitrogens with zero attached hydrogens (tertiary/aromatic N) is 1. The number of ether oxygens (including phenoxy) is 2. The van der Waals surface area contributed by atoms with Crippen LogP contribution in [0.5, 0.6) is 11.5 Å². The van der Waals surface area contributed by atoms with E-state index < -0.39 is 15.9 Å². The maximum Gasteiger partial charge on any atom is 0.259 e. The average Bonchev–Trinajstić information content (AvgIpc) is 3.02. The van der Waals surface area contributed by atoms with Gasteiger partial charge >= 0.3 is 0 Å². The molecule has 0 bridgehead atoms. The Labute approximate surface area is 166 Å². The molecule has 1 amide bonds. The van der Waals surface area contributed by atoms with E-state index in [1.165, 1.54) is 25.2 Å². The molecule has 0 saturated heterocycles. The molecule has 0 saturated carbocycles. The van der Waals surface area contributed by atoms with Gasteiger partial charge in [-0.3, -0.25) is 4.79 Å². The summed E-state index contributed by atoms with van der Waals surface area (Å²) in [6, 6.07) is 11.4. The van der Waals surface area contributed by atoms with E-state index in [2.05, 4.69) is 15.9 Å². The second-order valence-electron chi connectivity index (χ2n) is 5.98. The van der Waals surface area contributed by atoms with Gasteiger partial charge in [0.2, 0.25) is 0 Å². The highest BCUT2D eigenvalue weighted by Gasteiger charge is 2.32. The van der Waals surface area contributed by atoms with Crippen LogP contribution in [-0.2, 0) is 9.84 Å². The van der Waals surface area contributed by atoms with Crippen molar-refractivity contribution in [3.8, 4) is 11.5 Å². The highest BCUT2D eigenvalue weighted by atomic mass is 79.9. The summed E-state index contributed by atoms with van der Waals surface area (Å²) in [6.07, 6.45) is 1.53. The van der Waals surface area contributed by atoms with Crippen molar-refractivity contribution in [2.45, 2.75) is 6.04 Å². The van der Waals surface area contributed by atoms with E-state index in [0.717, 1.165) is 9.88 Å². The van der Waals surface area contributed by atoms with Crippen molar-refractivity contribution in [1.82, 2.24) is 0 Å². The first-order valence-electron chi connectivity index (χ1n) is 8.06. The maximum absolute atomic E-state index is 13.3. The lowest BCUT2D eigenvalue weighted by Gasteiger charge is -2.28. The van der Waals surface area contributed by atoms with Crippen LogP contribution in [0.1, 0.15) is 10.4 Å². The first-order chi connectivity index (χ1) is 12.8. The molecule has 1 atom stereocenters. The Kier molecular flexibility index (Phi) is 5.57. The summed E-state index contributed by atoms with van der Waals surface area (Å²) in [6.45, 7) is 0. The Morgan fingerprint density at radius 1 is 1.07 bits per heavy atom. The van der Waals surface area contributed by atoms with Crippen molar-refractivity contribution >= 4 is 37.4 Å². The second kappa shape index (κ2) is 7.74. The number of rotatable bonds is 5. The van der Waals surface area contributed by atoms with Gasteiger partial charge in [-0.25, -0.2) is 8.42 Å². The minimum absolute atomic E-state index is 0.157. The van der Waals surface area contributed by atoms with Crippen molar-refractivity contribution in [1.29, 1.82) is 0 Å². The fourth-order valence-corrected chi connectivity index (χ4v) is 4.38. The minimum atomic E-state index is -3.33. The van der Waals surface area contributed by atoms with E-state index in [0.29, 0.717) is 22.7 Å². The lowest BCUT2D eigenvalue weighted by atomic mass is 10.1. The largest absolute Gasteiger partial charge is 0.497 e. The van der Waals surface area contributed by atoms with Gasteiger partial charge in [-0.2, -0.15) is 0 Å². The SMILES string of the molecule is COc1cc(OC)cc(C(=O)N(c2ccc(Br)cc2)[C@@H]2C=CS(=O)(=O)C2)c1. The van der Waals surface area contributed by atoms with Crippen molar-refractivity contribution in [2.75, 3.05) is 24.9 Å². The van der Waals surface area contributed by atoms with Gasteiger partial charge < -0.3 is 14.4 Å². The number of benzene rings is 2. The van der Waals surface area contributed by atoms with E-state index >= 15 is 0 Å². The average molecular weight is 452 g/mol. The number of hydrogen-bond donors (Lipinski definition) is 0. The predicted molar refractivity (Wildman–Crippen MR) is 107 cm³/mol. The molecule has 142 valence electrons. The molecule has 1 aliphatic heterocycles. The molecular formula is C19H18BrNO5S. The zero-order valence-electron chi connectivity index (χ0n) is 14.8. The molecule has 1 aliphatic rings. The molecule has 0 radical (unpaired) electrons. The number of amides is 1. The van der Waals surface area contributed by atoms with Gasteiger partial charge in [-0.1, -0.05) is 15.9 Å². The maximum atomic E-state index is 13.3. The summed E-state index contributed by atoms with van der Waals surface area (Å²) in [5, 5.41) is 1.16. The van der Waals surface area contributed by atoms with Crippen molar-refractivity contribution in [3.05, 3.63) is 64.0 Å². The Balaban J connectivity index is 2.06. The van der Waals surface area contributed by atoms with Crippen LogP contribution in [0, 0.1) is 0 Å². The number of halogens is 1. The predicted octanol–water partition coefficient (Wildman–Crippen LogP) is 3.42. The zero-order valence-corrected chi connectivity index (χ0v) is 17.2. The monoisotopic (exact) mass is 451 g/mol. The molecule has 8 heteroatoms. The first-order valence-corrected chi connectivity index (χ1v) is 10.6. The van der Waals surface area contributed by atoms with Crippen LogP contribution in [0.25, 0.3) is 0 Å². The molecule has 0 unspecified atom stereocenters. The smallest absolute Gasteiger partial charge is 0.259 e. The molecule has 0 spiro atoms. The van der Waals surface area contributed by atoms with Crippen molar-refractivity contribution in [2.24, 2.45) is 0 Å². The molecule has 1 heterocycles. The van der Waals surface area contributed by atoms with Gasteiger partial charge in [-0.15, -0.1) is 0 Å². The second-order valence-corrected chi connectivity index (χ2v) is 8.83. The van der Waals surface area contributed by atoms with Crippen LogP contribution in [0.2, 0.25) is 0 Å². The number of anilines is 1. The third-order valence-electron chi connectivity index (χ3n) is 4.16. The van der Waals surface area contributed by atoms with Gasteiger partial charge in [0.05, 0.1) is 26.0 Å². The fourth-order valence-electron chi connectivity index (χ4n) is 2.85. The van der Waals surface area contributed by atoms with Crippen LogP contribution in [0.15, 0.2) is 58.4 Å². The third-order valence-corrected chi connectivity index (χ3v) is 6.07. The quantitative estimate of drug-likeness (QED) is 0.695. The first kappa shape index (κ1) is 19.4. The molecule has 6 nitrogen and oxygen atoms in total. The van der Waals surface area contributed by atoms with E-state index in [1.807, 2.05) is 0 Å². The third kappa shape index (κ3) is 4.33. The van der Waals surface area contributed by atoms with Crippen molar-refractivity contribution < 1.29 is 22.7 Å². The topological polar surface area (TPSA) is 72.9 Å². The number of sulfone groups is 1. The standard InChI is InChI=1S/C19H18BrNO5S/c1-25-17-9-13(10-18(11-17)26-2)19(22)21(15-5-3-14(20)4-6-15)16-7-8-27(23,24)12-16/h3-11,16H,12H2,1-2H3/t16-/m1/s1. The van der Waals surface area contributed by atoms with E-state index in [4.69, 9.17) is 9.47 Å². The number of carbonyl (C=O) groups is 1. The minimum Gasteiger partial charge on any atom is -0.497 e. The summed E-state index contributed by atoms with van der Waals surface area (Å²) in [5.41, 5.74) is 0.934. The highest BCUT2D eigenvalue weighted by molar-refractivity contribution is 9.10.